The van der Waals surface area contributed by atoms with E-state index in [1.54, 1.807) is 18.2 Å². The second-order valence-corrected chi connectivity index (χ2v) is 3.46. The van der Waals surface area contributed by atoms with Gasteiger partial charge in [0, 0.05) is 6.54 Å². The predicted octanol–water partition coefficient (Wildman–Crippen LogP) is 0.563. The molecule has 15 heavy (non-hydrogen) atoms. The van der Waals surface area contributed by atoms with Gasteiger partial charge >= 0.3 is 0 Å². The van der Waals surface area contributed by atoms with Crippen LogP contribution in [0.4, 0.5) is 0 Å². The number of rotatable bonds is 2. The van der Waals surface area contributed by atoms with Gasteiger partial charge in [-0.15, -0.1) is 0 Å². The molecule has 1 fully saturated rings. The van der Waals surface area contributed by atoms with E-state index in [0.717, 1.165) is 0 Å². The Balaban J connectivity index is 2.16. The number of hydrogen-bond acceptors (Lipinski definition) is 4. The highest BCUT2D eigenvalue weighted by molar-refractivity contribution is 6.02. The van der Waals surface area contributed by atoms with Crippen LogP contribution in [0.25, 0.3) is 0 Å². The number of para-hydroxylation sites is 1. The normalized spacial score (nSPS) is 21.2. The molecule has 1 atom stereocenters. The number of benzene rings is 1. The van der Waals surface area contributed by atoms with Crippen LogP contribution in [0.5, 0.6) is 5.75 Å². The maximum Gasteiger partial charge on any atom is 0.185 e. The Bertz CT molecular complexity index is 359. The Labute approximate surface area is 87.9 Å². The number of ether oxygens (including phenoxy) is 1. The zero-order valence-corrected chi connectivity index (χ0v) is 8.27. The number of morpholine rings is 1. The quantitative estimate of drug-likeness (QED) is 0.696. The first-order valence-corrected chi connectivity index (χ1v) is 4.92. The number of ketones is 1. The van der Waals surface area contributed by atoms with E-state index in [-0.39, 0.29) is 17.6 Å². The number of nitrogens with one attached hydrogen (secondary N) is 1. The van der Waals surface area contributed by atoms with Gasteiger partial charge < -0.3 is 15.2 Å². The molecule has 0 bridgehead atoms. The van der Waals surface area contributed by atoms with Crippen molar-refractivity contribution >= 4 is 5.78 Å². The third kappa shape index (κ3) is 2.16. The summed E-state index contributed by atoms with van der Waals surface area (Å²) in [5, 5.41) is 12.6. The fourth-order valence-electron chi connectivity index (χ4n) is 1.60. The van der Waals surface area contributed by atoms with E-state index in [1.807, 2.05) is 0 Å². The van der Waals surface area contributed by atoms with Crippen LogP contribution in [0.3, 0.4) is 0 Å². The van der Waals surface area contributed by atoms with Crippen molar-refractivity contribution in [1.29, 1.82) is 0 Å². The van der Waals surface area contributed by atoms with E-state index >= 15 is 0 Å². The van der Waals surface area contributed by atoms with Crippen molar-refractivity contribution in [1.82, 2.24) is 5.32 Å². The first-order valence-electron chi connectivity index (χ1n) is 4.92. The van der Waals surface area contributed by atoms with Crippen LogP contribution in [0.15, 0.2) is 24.3 Å². The molecule has 0 spiro atoms. The van der Waals surface area contributed by atoms with E-state index in [1.165, 1.54) is 6.07 Å². The zero-order chi connectivity index (χ0) is 10.7. The SMILES string of the molecule is O=C(c1ccccc1O)C1COCCN1. The Hall–Kier alpha value is -1.39. The third-order valence-electron chi connectivity index (χ3n) is 2.41. The lowest BCUT2D eigenvalue weighted by Gasteiger charge is -2.22. The standard InChI is InChI=1S/C11H13NO3/c13-10-4-2-1-3-8(10)11(14)9-7-15-6-5-12-9/h1-4,9,12-13H,5-7H2. The summed E-state index contributed by atoms with van der Waals surface area (Å²) >= 11 is 0. The number of phenolic OH excluding ortho intramolecular Hbond substituents is 1. The summed E-state index contributed by atoms with van der Waals surface area (Å²) in [7, 11) is 0. The Kier molecular flexibility index (Phi) is 2.99. The van der Waals surface area contributed by atoms with Crippen LogP contribution >= 0.6 is 0 Å². The largest absolute Gasteiger partial charge is 0.507 e. The van der Waals surface area contributed by atoms with E-state index in [9.17, 15) is 9.90 Å². The minimum atomic E-state index is -0.341. The molecule has 80 valence electrons. The summed E-state index contributed by atoms with van der Waals surface area (Å²) < 4.78 is 5.20. The zero-order valence-electron chi connectivity index (χ0n) is 8.27. The number of carbonyl (C=O) groups excluding carboxylic acids is 1. The van der Waals surface area contributed by atoms with Gasteiger partial charge in [-0.2, -0.15) is 0 Å². The molecule has 4 heteroatoms. The molecule has 1 aromatic carbocycles. The van der Waals surface area contributed by atoms with E-state index < -0.39 is 0 Å². The van der Waals surface area contributed by atoms with E-state index in [4.69, 9.17) is 4.74 Å². The highest BCUT2D eigenvalue weighted by Crippen LogP contribution is 2.18. The van der Waals surface area contributed by atoms with Crippen molar-refractivity contribution in [3.8, 4) is 5.75 Å². The molecule has 1 unspecified atom stereocenters. The fourth-order valence-corrected chi connectivity index (χ4v) is 1.60. The smallest absolute Gasteiger partial charge is 0.185 e. The molecule has 2 rings (SSSR count). The van der Waals surface area contributed by atoms with Crippen LogP contribution in [0.2, 0.25) is 0 Å². The Morgan fingerprint density at radius 2 is 2.27 bits per heavy atom. The van der Waals surface area contributed by atoms with Gasteiger partial charge in [0.05, 0.1) is 24.8 Å². The van der Waals surface area contributed by atoms with Gasteiger partial charge in [-0.1, -0.05) is 12.1 Å². The van der Waals surface area contributed by atoms with Crippen molar-refractivity contribution < 1.29 is 14.6 Å². The van der Waals surface area contributed by atoms with Gasteiger partial charge in [-0.3, -0.25) is 4.79 Å². The van der Waals surface area contributed by atoms with Gasteiger partial charge in [0.2, 0.25) is 0 Å². The number of Topliss-reactive ketones (excluding diaryl/α,β-unsaturated/α-hetero) is 1. The second-order valence-electron chi connectivity index (χ2n) is 3.46. The van der Waals surface area contributed by atoms with Crippen LogP contribution in [-0.2, 0) is 4.74 Å². The van der Waals surface area contributed by atoms with Crippen LogP contribution in [-0.4, -0.2) is 36.7 Å². The van der Waals surface area contributed by atoms with Crippen LogP contribution in [0, 0.1) is 0 Å². The highest BCUT2D eigenvalue weighted by Gasteiger charge is 2.24. The highest BCUT2D eigenvalue weighted by atomic mass is 16.5. The summed E-state index contributed by atoms with van der Waals surface area (Å²) in [6, 6.07) is 6.21. The van der Waals surface area contributed by atoms with Gasteiger partial charge in [0.25, 0.3) is 0 Å². The van der Waals surface area contributed by atoms with Gasteiger partial charge in [0.1, 0.15) is 5.75 Å². The van der Waals surface area contributed by atoms with Crippen LogP contribution in [0.1, 0.15) is 10.4 Å². The summed E-state index contributed by atoms with van der Waals surface area (Å²) in [5.41, 5.74) is 0.348. The Morgan fingerprint density at radius 1 is 1.47 bits per heavy atom. The molecule has 0 saturated carbocycles. The molecular weight excluding hydrogens is 194 g/mol. The molecular formula is C11H13NO3. The van der Waals surface area contributed by atoms with Gasteiger partial charge in [-0.25, -0.2) is 0 Å². The number of phenols is 1. The minimum Gasteiger partial charge on any atom is -0.507 e. The van der Waals surface area contributed by atoms with E-state index in [0.29, 0.717) is 25.3 Å². The molecule has 4 nitrogen and oxygen atoms in total. The van der Waals surface area contributed by atoms with Gasteiger partial charge in [0.15, 0.2) is 5.78 Å². The molecule has 2 N–H and O–H groups in total. The van der Waals surface area contributed by atoms with E-state index in [2.05, 4.69) is 5.32 Å². The first-order chi connectivity index (χ1) is 7.29. The second kappa shape index (κ2) is 4.42. The van der Waals surface area contributed by atoms with Crippen molar-refractivity contribution in [2.24, 2.45) is 0 Å². The van der Waals surface area contributed by atoms with Crippen molar-refractivity contribution in [3.05, 3.63) is 29.8 Å². The molecule has 0 aromatic heterocycles. The Morgan fingerprint density at radius 3 is 2.93 bits per heavy atom. The number of hydrogen-bond donors (Lipinski definition) is 2. The van der Waals surface area contributed by atoms with Gasteiger partial charge in [-0.05, 0) is 12.1 Å². The molecule has 1 aromatic rings. The molecule has 0 radical (unpaired) electrons. The molecule has 1 aliphatic heterocycles. The lowest BCUT2D eigenvalue weighted by atomic mass is 10.0. The summed E-state index contributed by atoms with van der Waals surface area (Å²) in [4.78, 5) is 11.9. The average Bonchev–Trinajstić information content (AvgIpc) is 2.30. The summed E-state index contributed by atoms with van der Waals surface area (Å²) in [6.45, 7) is 1.67. The maximum atomic E-state index is 11.9. The lowest BCUT2D eigenvalue weighted by molar-refractivity contribution is 0.0606. The topological polar surface area (TPSA) is 58.6 Å². The molecule has 1 saturated heterocycles. The monoisotopic (exact) mass is 207 g/mol. The number of carbonyl (C=O) groups is 1. The predicted molar refractivity (Wildman–Crippen MR) is 55.0 cm³/mol. The van der Waals surface area contributed by atoms with Crippen molar-refractivity contribution in [2.45, 2.75) is 6.04 Å². The average molecular weight is 207 g/mol. The maximum absolute atomic E-state index is 11.9. The van der Waals surface area contributed by atoms with Crippen molar-refractivity contribution in [2.75, 3.05) is 19.8 Å². The lowest BCUT2D eigenvalue weighted by Crippen LogP contribution is -2.46. The molecule has 0 amide bonds. The van der Waals surface area contributed by atoms with Crippen LogP contribution < -0.4 is 5.32 Å². The summed E-state index contributed by atoms with van der Waals surface area (Å²) in [5.74, 6) is -0.0947. The third-order valence-corrected chi connectivity index (χ3v) is 2.41. The molecule has 0 aliphatic carbocycles. The fraction of sp³-hybridized carbons (Fsp3) is 0.364. The first kappa shape index (κ1) is 10.1. The number of aromatic hydroxyl groups is 1. The summed E-state index contributed by atoms with van der Waals surface area (Å²) in [6.07, 6.45) is 0. The molecule has 1 aliphatic rings. The minimum absolute atomic E-state index is 0.0230. The molecule has 1 heterocycles. The van der Waals surface area contributed by atoms with Crippen molar-refractivity contribution in [3.63, 3.8) is 0 Å².